The highest BCUT2D eigenvalue weighted by molar-refractivity contribution is 5.17. The SMILES string of the molecule is CCCCCCC(CCCCCC)c1nc(CCCc2ccccc2)cc(CNCCN(C)C)n1. The Hall–Kier alpha value is -1.78. The molecule has 4 heteroatoms. The predicted molar refractivity (Wildman–Crippen MR) is 151 cm³/mol. The van der Waals surface area contributed by atoms with Crippen LogP contribution in [0.2, 0.25) is 0 Å². The van der Waals surface area contributed by atoms with E-state index in [4.69, 9.17) is 9.97 Å². The first-order chi connectivity index (χ1) is 17.1. The van der Waals surface area contributed by atoms with E-state index in [-0.39, 0.29) is 0 Å². The molecule has 1 aromatic carbocycles. The van der Waals surface area contributed by atoms with E-state index in [9.17, 15) is 0 Å². The van der Waals surface area contributed by atoms with E-state index in [0.29, 0.717) is 5.92 Å². The first-order valence-corrected chi connectivity index (χ1v) is 14.4. The molecule has 4 nitrogen and oxygen atoms in total. The van der Waals surface area contributed by atoms with Crippen molar-refractivity contribution >= 4 is 0 Å². The molecule has 0 saturated carbocycles. The molecule has 0 aliphatic carbocycles. The average Bonchev–Trinajstić information content (AvgIpc) is 2.86. The van der Waals surface area contributed by atoms with Crippen LogP contribution in [0.5, 0.6) is 0 Å². The highest BCUT2D eigenvalue weighted by Crippen LogP contribution is 2.27. The van der Waals surface area contributed by atoms with Gasteiger partial charge in [0.25, 0.3) is 0 Å². The number of nitrogens with zero attached hydrogens (tertiary/aromatic N) is 3. The maximum Gasteiger partial charge on any atom is 0.131 e. The van der Waals surface area contributed by atoms with Crippen molar-refractivity contribution in [3.8, 4) is 0 Å². The van der Waals surface area contributed by atoms with Gasteiger partial charge in [0.05, 0.1) is 5.69 Å². The Morgan fingerprint density at radius 3 is 2.06 bits per heavy atom. The van der Waals surface area contributed by atoms with Gasteiger partial charge in [-0.1, -0.05) is 95.5 Å². The fourth-order valence-electron chi connectivity index (χ4n) is 4.65. The molecule has 1 heterocycles. The second kappa shape index (κ2) is 18.5. The lowest BCUT2D eigenvalue weighted by atomic mass is 9.93. The summed E-state index contributed by atoms with van der Waals surface area (Å²) in [6.07, 6.45) is 16.2. The quantitative estimate of drug-likeness (QED) is 0.201. The molecule has 0 aliphatic heterocycles. The molecule has 1 N–H and O–H groups in total. The van der Waals surface area contributed by atoms with Crippen LogP contribution in [-0.2, 0) is 19.4 Å². The van der Waals surface area contributed by atoms with Gasteiger partial charge in [-0.25, -0.2) is 9.97 Å². The van der Waals surface area contributed by atoms with Crippen LogP contribution in [0.25, 0.3) is 0 Å². The minimum atomic E-state index is 0.498. The minimum absolute atomic E-state index is 0.498. The Kier molecular flexibility index (Phi) is 15.6. The summed E-state index contributed by atoms with van der Waals surface area (Å²) in [6, 6.07) is 13.1. The van der Waals surface area contributed by atoms with Crippen LogP contribution in [-0.4, -0.2) is 42.1 Å². The molecule has 0 radical (unpaired) electrons. The van der Waals surface area contributed by atoms with Crippen molar-refractivity contribution in [3.63, 3.8) is 0 Å². The van der Waals surface area contributed by atoms with Gasteiger partial charge in [0.15, 0.2) is 0 Å². The lowest BCUT2D eigenvalue weighted by molar-refractivity contribution is 0.399. The summed E-state index contributed by atoms with van der Waals surface area (Å²) < 4.78 is 0. The Labute approximate surface area is 216 Å². The van der Waals surface area contributed by atoms with Gasteiger partial charge in [-0.2, -0.15) is 0 Å². The number of hydrogen-bond donors (Lipinski definition) is 1. The van der Waals surface area contributed by atoms with E-state index in [0.717, 1.165) is 50.4 Å². The van der Waals surface area contributed by atoms with E-state index < -0.39 is 0 Å². The van der Waals surface area contributed by atoms with Crippen molar-refractivity contribution in [1.29, 1.82) is 0 Å². The van der Waals surface area contributed by atoms with Gasteiger partial charge in [-0.05, 0) is 57.8 Å². The number of benzene rings is 1. The standard InChI is InChI=1S/C31H52N4/c1-5-7-9-14-20-28(21-15-10-8-6-2)31-33-29(22-16-19-27-17-12-11-13-18-27)25-30(34-31)26-32-23-24-35(3)4/h11-13,17-18,25,28,32H,5-10,14-16,19-24,26H2,1-4H3. The summed E-state index contributed by atoms with van der Waals surface area (Å²) >= 11 is 0. The second-order valence-electron chi connectivity index (χ2n) is 10.4. The number of aromatic nitrogens is 2. The van der Waals surface area contributed by atoms with Crippen LogP contribution >= 0.6 is 0 Å². The van der Waals surface area contributed by atoms with Gasteiger partial charge in [-0.15, -0.1) is 0 Å². The maximum atomic E-state index is 5.17. The van der Waals surface area contributed by atoms with Crippen molar-refractivity contribution in [3.05, 3.63) is 59.2 Å². The molecular weight excluding hydrogens is 428 g/mol. The van der Waals surface area contributed by atoms with Gasteiger partial charge in [-0.3, -0.25) is 0 Å². The molecule has 0 aliphatic rings. The highest BCUT2D eigenvalue weighted by Gasteiger charge is 2.17. The molecule has 0 spiro atoms. The lowest BCUT2D eigenvalue weighted by Crippen LogP contribution is -2.26. The van der Waals surface area contributed by atoms with E-state index in [1.54, 1.807) is 0 Å². The molecule has 0 amide bonds. The summed E-state index contributed by atoms with van der Waals surface area (Å²) in [5.74, 6) is 1.61. The second-order valence-corrected chi connectivity index (χ2v) is 10.4. The molecule has 0 bridgehead atoms. The van der Waals surface area contributed by atoms with E-state index in [1.165, 1.54) is 75.5 Å². The molecule has 0 unspecified atom stereocenters. The fourth-order valence-corrected chi connectivity index (χ4v) is 4.65. The van der Waals surface area contributed by atoms with Crippen molar-refractivity contribution in [2.75, 3.05) is 27.2 Å². The Balaban J connectivity index is 2.11. The minimum Gasteiger partial charge on any atom is -0.310 e. The summed E-state index contributed by atoms with van der Waals surface area (Å²) in [4.78, 5) is 12.5. The van der Waals surface area contributed by atoms with Crippen molar-refractivity contribution < 1.29 is 0 Å². The monoisotopic (exact) mass is 480 g/mol. The van der Waals surface area contributed by atoms with Gasteiger partial charge < -0.3 is 10.2 Å². The number of hydrogen-bond acceptors (Lipinski definition) is 4. The van der Waals surface area contributed by atoms with Crippen LogP contribution in [0.4, 0.5) is 0 Å². The van der Waals surface area contributed by atoms with Crippen LogP contribution in [0, 0.1) is 0 Å². The molecule has 0 atom stereocenters. The summed E-state index contributed by atoms with van der Waals surface area (Å²) in [7, 11) is 4.24. The van der Waals surface area contributed by atoms with Crippen molar-refractivity contribution in [2.45, 2.75) is 110 Å². The smallest absolute Gasteiger partial charge is 0.131 e. The van der Waals surface area contributed by atoms with E-state index in [1.807, 2.05) is 0 Å². The predicted octanol–water partition coefficient (Wildman–Crippen LogP) is 7.33. The van der Waals surface area contributed by atoms with Gasteiger partial charge in [0.1, 0.15) is 5.82 Å². The third-order valence-corrected chi connectivity index (χ3v) is 6.81. The molecule has 2 rings (SSSR count). The lowest BCUT2D eigenvalue weighted by Gasteiger charge is -2.18. The Bertz CT molecular complexity index is 763. The summed E-state index contributed by atoms with van der Waals surface area (Å²) in [6.45, 7) is 7.43. The van der Waals surface area contributed by atoms with Crippen LogP contribution in [0.3, 0.4) is 0 Å². The van der Waals surface area contributed by atoms with E-state index in [2.05, 4.69) is 74.6 Å². The third-order valence-electron chi connectivity index (χ3n) is 6.81. The number of likely N-dealkylation sites (N-methyl/N-ethyl adjacent to an activating group) is 1. The largest absolute Gasteiger partial charge is 0.310 e. The van der Waals surface area contributed by atoms with Crippen LogP contribution in [0.15, 0.2) is 36.4 Å². The molecule has 1 aromatic heterocycles. The molecule has 196 valence electrons. The van der Waals surface area contributed by atoms with Gasteiger partial charge >= 0.3 is 0 Å². The number of nitrogens with one attached hydrogen (secondary N) is 1. The molecule has 0 fully saturated rings. The zero-order chi connectivity index (χ0) is 25.1. The third kappa shape index (κ3) is 13.2. The van der Waals surface area contributed by atoms with Crippen molar-refractivity contribution in [2.24, 2.45) is 0 Å². The van der Waals surface area contributed by atoms with E-state index >= 15 is 0 Å². The average molecular weight is 481 g/mol. The van der Waals surface area contributed by atoms with Gasteiger partial charge in [0, 0.05) is 31.2 Å². The number of aryl methyl sites for hydroxylation is 2. The number of rotatable bonds is 20. The zero-order valence-electron chi connectivity index (χ0n) is 23.2. The first-order valence-electron chi connectivity index (χ1n) is 14.4. The molecule has 0 saturated heterocycles. The maximum absolute atomic E-state index is 5.17. The van der Waals surface area contributed by atoms with Crippen LogP contribution in [0.1, 0.15) is 113 Å². The van der Waals surface area contributed by atoms with Crippen LogP contribution < -0.4 is 5.32 Å². The topological polar surface area (TPSA) is 41.1 Å². The molecule has 35 heavy (non-hydrogen) atoms. The first kappa shape index (κ1) is 29.5. The fraction of sp³-hybridized carbons (Fsp3) is 0.677. The normalized spacial score (nSPS) is 11.6. The highest BCUT2D eigenvalue weighted by atomic mass is 15.1. The Morgan fingerprint density at radius 2 is 1.43 bits per heavy atom. The molecule has 2 aromatic rings. The summed E-state index contributed by atoms with van der Waals surface area (Å²) in [5, 5.41) is 3.60. The van der Waals surface area contributed by atoms with Crippen molar-refractivity contribution in [1.82, 2.24) is 20.2 Å². The summed E-state index contributed by atoms with van der Waals surface area (Å²) in [5.41, 5.74) is 3.80. The Morgan fingerprint density at radius 1 is 0.771 bits per heavy atom. The number of unbranched alkanes of at least 4 members (excludes halogenated alkanes) is 6. The molecular formula is C31H52N4. The zero-order valence-corrected chi connectivity index (χ0v) is 23.2. The van der Waals surface area contributed by atoms with Gasteiger partial charge in [0.2, 0.25) is 0 Å².